The van der Waals surface area contributed by atoms with Gasteiger partial charge in [-0.2, -0.15) is 8.42 Å². The van der Waals surface area contributed by atoms with Gasteiger partial charge >= 0.3 is 0 Å². The number of hydrogen-bond donors (Lipinski definition) is 0. The van der Waals surface area contributed by atoms with Gasteiger partial charge in [-0.25, -0.2) is 0 Å². The van der Waals surface area contributed by atoms with Crippen LogP contribution in [0.2, 0.25) is 5.02 Å². The molecule has 0 amide bonds. The molecule has 1 saturated heterocycles. The van der Waals surface area contributed by atoms with Gasteiger partial charge in [0.05, 0.1) is 4.90 Å². The van der Waals surface area contributed by atoms with E-state index >= 15 is 0 Å². The SMILES string of the molecule is Cc1ccc(S(=O)(=O)/N=C(/c2ccc(Cl)cc2)N2CCCCC2)cc1. The van der Waals surface area contributed by atoms with Crippen molar-refractivity contribution in [2.45, 2.75) is 31.1 Å². The maximum absolute atomic E-state index is 12.8. The Hall–Kier alpha value is -1.85. The van der Waals surface area contributed by atoms with E-state index in [1.54, 1.807) is 36.4 Å². The van der Waals surface area contributed by atoms with Crippen LogP contribution >= 0.6 is 11.6 Å². The van der Waals surface area contributed by atoms with E-state index in [0.29, 0.717) is 10.9 Å². The Morgan fingerprint density at radius 1 is 0.960 bits per heavy atom. The summed E-state index contributed by atoms with van der Waals surface area (Å²) < 4.78 is 29.8. The maximum Gasteiger partial charge on any atom is 0.284 e. The number of likely N-dealkylation sites (tertiary alicyclic amines) is 1. The van der Waals surface area contributed by atoms with E-state index in [9.17, 15) is 8.42 Å². The van der Waals surface area contributed by atoms with Crippen molar-refractivity contribution in [3.05, 3.63) is 64.7 Å². The second kappa shape index (κ2) is 7.58. The molecule has 0 atom stereocenters. The lowest BCUT2D eigenvalue weighted by molar-refractivity contribution is 0.343. The van der Waals surface area contributed by atoms with E-state index in [1.165, 1.54) is 0 Å². The average Bonchev–Trinajstić information content (AvgIpc) is 2.62. The summed E-state index contributed by atoms with van der Waals surface area (Å²) in [6.45, 7) is 3.54. The van der Waals surface area contributed by atoms with Crippen LogP contribution in [0.15, 0.2) is 57.8 Å². The topological polar surface area (TPSA) is 49.7 Å². The lowest BCUT2D eigenvalue weighted by atomic mass is 10.1. The molecular formula is C19H21ClN2O2S. The minimum absolute atomic E-state index is 0.210. The van der Waals surface area contributed by atoms with E-state index in [0.717, 1.165) is 43.5 Å². The van der Waals surface area contributed by atoms with Gasteiger partial charge in [0, 0.05) is 23.7 Å². The van der Waals surface area contributed by atoms with Crippen molar-refractivity contribution in [3.8, 4) is 0 Å². The fraction of sp³-hybridized carbons (Fsp3) is 0.316. The smallest absolute Gasteiger partial charge is 0.284 e. The number of piperidine rings is 1. The molecule has 4 nitrogen and oxygen atoms in total. The van der Waals surface area contributed by atoms with Crippen LogP contribution in [0, 0.1) is 6.92 Å². The summed E-state index contributed by atoms with van der Waals surface area (Å²) in [5, 5.41) is 0.614. The third kappa shape index (κ3) is 4.41. The molecule has 0 spiro atoms. The molecule has 0 unspecified atom stereocenters. The Balaban J connectivity index is 2.04. The van der Waals surface area contributed by atoms with E-state index in [2.05, 4.69) is 9.30 Å². The van der Waals surface area contributed by atoms with Crippen LogP contribution in [0.1, 0.15) is 30.4 Å². The summed E-state index contributed by atoms with van der Waals surface area (Å²) >= 11 is 5.97. The first-order chi connectivity index (χ1) is 12.0. The highest BCUT2D eigenvalue weighted by Gasteiger charge is 2.21. The monoisotopic (exact) mass is 376 g/mol. The molecule has 0 aliphatic carbocycles. The Morgan fingerprint density at radius 2 is 1.56 bits per heavy atom. The first-order valence-corrected chi connectivity index (χ1v) is 10.2. The van der Waals surface area contributed by atoms with E-state index in [1.807, 2.05) is 19.1 Å². The molecule has 0 bridgehead atoms. The minimum Gasteiger partial charge on any atom is -0.355 e. The second-order valence-corrected chi connectivity index (χ2v) is 8.30. The van der Waals surface area contributed by atoms with Crippen LogP contribution in [0.3, 0.4) is 0 Å². The zero-order chi connectivity index (χ0) is 17.9. The van der Waals surface area contributed by atoms with E-state index < -0.39 is 10.0 Å². The van der Waals surface area contributed by atoms with Gasteiger partial charge in [0.25, 0.3) is 10.0 Å². The van der Waals surface area contributed by atoms with Crippen LogP contribution in [0.25, 0.3) is 0 Å². The predicted octanol–water partition coefficient (Wildman–Crippen LogP) is 4.27. The van der Waals surface area contributed by atoms with Crippen LogP contribution in [-0.4, -0.2) is 32.2 Å². The lowest BCUT2D eigenvalue weighted by Gasteiger charge is -2.29. The van der Waals surface area contributed by atoms with Crippen molar-refractivity contribution >= 4 is 27.5 Å². The van der Waals surface area contributed by atoms with Crippen LogP contribution < -0.4 is 0 Å². The van der Waals surface area contributed by atoms with Crippen molar-refractivity contribution < 1.29 is 8.42 Å². The van der Waals surface area contributed by atoms with Crippen LogP contribution in [0.5, 0.6) is 0 Å². The van der Waals surface area contributed by atoms with Gasteiger partial charge in [0.1, 0.15) is 5.84 Å². The highest BCUT2D eigenvalue weighted by molar-refractivity contribution is 7.90. The van der Waals surface area contributed by atoms with E-state index in [4.69, 9.17) is 11.6 Å². The first-order valence-electron chi connectivity index (χ1n) is 8.38. The van der Waals surface area contributed by atoms with Crippen molar-refractivity contribution in [1.82, 2.24) is 4.90 Å². The van der Waals surface area contributed by atoms with Crippen LogP contribution in [0.4, 0.5) is 0 Å². The summed E-state index contributed by atoms with van der Waals surface area (Å²) in [7, 11) is -3.77. The number of hydrogen-bond acceptors (Lipinski definition) is 2. The van der Waals surface area contributed by atoms with Gasteiger partial charge in [0.15, 0.2) is 0 Å². The van der Waals surface area contributed by atoms with Gasteiger partial charge < -0.3 is 4.90 Å². The molecule has 1 fully saturated rings. The van der Waals surface area contributed by atoms with Gasteiger partial charge in [-0.15, -0.1) is 4.40 Å². The maximum atomic E-state index is 12.8. The van der Waals surface area contributed by atoms with Crippen LogP contribution in [-0.2, 0) is 10.0 Å². The Kier molecular flexibility index (Phi) is 5.45. The Morgan fingerprint density at radius 3 is 2.16 bits per heavy atom. The molecule has 0 saturated carbocycles. The number of nitrogens with zero attached hydrogens (tertiary/aromatic N) is 2. The summed E-state index contributed by atoms with van der Waals surface area (Å²) in [6.07, 6.45) is 3.24. The third-order valence-corrected chi connectivity index (χ3v) is 5.82. The molecule has 1 aliphatic heterocycles. The van der Waals surface area contributed by atoms with Gasteiger partial charge in [-0.05, 0) is 62.6 Å². The first kappa shape index (κ1) is 18.0. The number of rotatable bonds is 3. The molecule has 132 valence electrons. The summed E-state index contributed by atoms with van der Waals surface area (Å²) in [4.78, 5) is 2.26. The fourth-order valence-electron chi connectivity index (χ4n) is 2.87. The molecule has 0 radical (unpaired) electrons. The zero-order valence-electron chi connectivity index (χ0n) is 14.2. The molecule has 2 aromatic rings. The Bertz CT molecular complexity index is 853. The largest absolute Gasteiger partial charge is 0.355 e. The number of amidine groups is 1. The summed E-state index contributed by atoms with van der Waals surface area (Å²) in [6, 6.07) is 13.9. The zero-order valence-corrected chi connectivity index (χ0v) is 15.7. The Labute approximate surface area is 154 Å². The number of halogens is 1. The highest BCUT2D eigenvalue weighted by atomic mass is 35.5. The third-order valence-electron chi connectivity index (χ3n) is 4.28. The highest BCUT2D eigenvalue weighted by Crippen LogP contribution is 2.20. The van der Waals surface area contributed by atoms with Crippen molar-refractivity contribution in [2.75, 3.05) is 13.1 Å². The molecular weight excluding hydrogens is 356 g/mol. The van der Waals surface area contributed by atoms with Gasteiger partial charge in [0.2, 0.25) is 0 Å². The standard InChI is InChI=1S/C19H21ClN2O2S/c1-15-5-11-18(12-6-15)25(23,24)21-19(22-13-3-2-4-14-22)16-7-9-17(20)10-8-16/h5-12H,2-4,13-14H2,1H3/b21-19-. The van der Waals surface area contributed by atoms with E-state index in [-0.39, 0.29) is 4.90 Å². The van der Waals surface area contributed by atoms with Crippen molar-refractivity contribution in [1.29, 1.82) is 0 Å². The van der Waals surface area contributed by atoms with Crippen molar-refractivity contribution in [3.63, 3.8) is 0 Å². The molecule has 2 aromatic carbocycles. The molecule has 6 heteroatoms. The summed E-state index contributed by atoms with van der Waals surface area (Å²) in [5.41, 5.74) is 1.78. The minimum atomic E-state index is -3.77. The number of sulfonamides is 1. The summed E-state index contributed by atoms with van der Waals surface area (Å²) in [5.74, 6) is 0.497. The quantitative estimate of drug-likeness (QED) is 0.593. The fourth-order valence-corrected chi connectivity index (χ4v) is 4.03. The molecule has 1 heterocycles. The predicted molar refractivity (Wildman–Crippen MR) is 102 cm³/mol. The molecule has 1 aliphatic rings. The molecule has 0 aromatic heterocycles. The lowest BCUT2D eigenvalue weighted by Crippen LogP contribution is -2.36. The molecule has 0 N–H and O–H groups in total. The van der Waals surface area contributed by atoms with Crippen molar-refractivity contribution in [2.24, 2.45) is 4.40 Å². The van der Waals surface area contributed by atoms with Gasteiger partial charge in [-0.1, -0.05) is 29.3 Å². The normalized spacial score (nSPS) is 16.1. The molecule has 3 rings (SSSR count). The number of benzene rings is 2. The average molecular weight is 377 g/mol. The molecule has 25 heavy (non-hydrogen) atoms. The number of aryl methyl sites for hydroxylation is 1. The second-order valence-electron chi connectivity index (χ2n) is 6.26. The van der Waals surface area contributed by atoms with Gasteiger partial charge in [-0.3, -0.25) is 0 Å².